The maximum Gasteiger partial charge on any atom is 0.118 e. The van der Waals surface area contributed by atoms with Crippen molar-refractivity contribution in [3.05, 3.63) is 150 Å². The van der Waals surface area contributed by atoms with Crippen LogP contribution in [0.25, 0.3) is 0 Å². The van der Waals surface area contributed by atoms with Crippen LogP contribution in [0.3, 0.4) is 0 Å². The van der Waals surface area contributed by atoms with E-state index in [2.05, 4.69) is 109 Å². The lowest BCUT2D eigenvalue weighted by molar-refractivity contribution is 0.414. The topological polar surface area (TPSA) is 18.5 Å². The standard InChI is InChI=1S/C33H29O2P/c1-34-27-21-17-25(18-22-27)33(26-19-23-28(35-2)24-20-26)31-15-9-10-16-32(31)36(29-11-5-3-6-12-29)30-13-7-4-8-14-30/h3-24,33H,1-2H3. The Bertz CT molecular complexity index is 1290. The lowest BCUT2D eigenvalue weighted by Gasteiger charge is -2.27. The third kappa shape index (κ3) is 5.05. The molecule has 5 aromatic carbocycles. The highest BCUT2D eigenvalue weighted by Gasteiger charge is 2.25. The normalized spacial score (nSPS) is 11.0. The van der Waals surface area contributed by atoms with E-state index >= 15 is 0 Å². The van der Waals surface area contributed by atoms with Crippen molar-refractivity contribution >= 4 is 23.8 Å². The first-order chi connectivity index (χ1) is 17.8. The van der Waals surface area contributed by atoms with Crippen LogP contribution in [0.4, 0.5) is 0 Å². The van der Waals surface area contributed by atoms with E-state index in [9.17, 15) is 0 Å². The first kappa shape index (κ1) is 23.9. The Kier molecular flexibility index (Phi) is 7.45. The van der Waals surface area contributed by atoms with E-state index in [4.69, 9.17) is 9.47 Å². The van der Waals surface area contributed by atoms with E-state index in [1.54, 1.807) is 14.2 Å². The second-order valence-corrected chi connectivity index (χ2v) is 10.7. The van der Waals surface area contributed by atoms with Gasteiger partial charge in [0, 0.05) is 5.92 Å². The molecule has 0 aliphatic rings. The largest absolute Gasteiger partial charge is 0.497 e. The lowest BCUT2D eigenvalue weighted by atomic mass is 9.85. The second-order valence-electron chi connectivity index (χ2n) is 8.54. The van der Waals surface area contributed by atoms with Gasteiger partial charge in [-0.15, -0.1) is 0 Å². The molecule has 178 valence electrons. The number of hydrogen-bond acceptors (Lipinski definition) is 2. The Morgan fingerprint density at radius 2 is 0.889 bits per heavy atom. The van der Waals surface area contributed by atoms with Crippen LogP contribution in [0.5, 0.6) is 11.5 Å². The summed E-state index contributed by atoms with van der Waals surface area (Å²) in [7, 11) is 2.67. The van der Waals surface area contributed by atoms with Gasteiger partial charge in [0.25, 0.3) is 0 Å². The monoisotopic (exact) mass is 488 g/mol. The summed E-state index contributed by atoms with van der Waals surface area (Å²) in [4.78, 5) is 0. The van der Waals surface area contributed by atoms with Crippen molar-refractivity contribution in [3.8, 4) is 11.5 Å². The zero-order valence-electron chi connectivity index (χ0n) is 20.5. The van der Waals surface area contributed by atoms with Crippen LogP contribution < -0.4 is 25.4 Å². The molecular weight excluding hydrogens is 459 g/mol. The van der Waals surface area contributed by atoms with Crippen LogP contribution in [0.2, 0.25) is 0 Å². The van der Waals surface area contributed by atoms with Crippen molar-refractivity contribution in [1.82, 2.24) is 0 Å². The molecule has 0 aliphatic heterocycles. The average Bonchev–Trinajstić information content (AvgIpc) is 2.96. The zero-order valence-corrected chi connectivity index (χ0v) is 21.4. The van der Waals surface area contributed by atoms with Crippen molar-refractivity contribution in [3.63, 3.8) is 0 Å². The van der Waals surface area contributed by atoms with Gasteiger partial charge in [-0.2, -0.15) is 0 Å². The lowest BCUT2D eigenvalue weighted by Crippen LogP contribution is -2.25. The molecule has 0 heterocycles. The summed E-state index contributed by atoms with van der Waals surface area (Å²) in [5, 5.41) is 4.05. The molecule has 0 bridgehead atoms. The molecule has 0 fully saturated rings. The molecular formula is C33H29O2P. The van der Waals surface area contributed by atoms with Gasteiger partial charge in [0.15, 0.2) is 0 Å². The van der Waals surface area contributed by atoms with Crippen LogP contribution >= 0.6 is 7.92 Å². The maximum absolute atomic E-state index is 5.45. The van der Waals surface area contributed by atoms with Crippen LogP contribution in [0.1, 0.15) is 22.6 Å². The molecule has 0 aromatic heterocycles. The molecule has 0 radical (unpaired) electrons. The molecule has 0 saturated carbocycles. The van der Waals surface area contributed by atoms with E-state index < -0.39 is 7.92 Å². The summed E-state index contributed by atoms with van der Waals surface area (Å²) in [6.07, 6.45) is 0. The van der Waals surface area contributed by atoms with Crippen LogP contribution in [-0.2, 0) is 0 Å². The predicted molar refractivity (Wildman–Crippen MR) is 152 cm³/mol. The summed E-state index contributed by atoms with van der Waals surface area (Å²) in [5.41, 5.74) is 3.76. The van der Waals surface area contributed by atoms with Crippen molar-refractivity contribution in [1.29, 1.82) is 0 Å². The Morgan fingerprint density at radius 1 is 0.472 bits per heavy atom. The Labute approximate surface area is 214 Å². The molecule has 0 spiro atoms. The van der Waals surface area contributed by atoms with Gasteiger partial charge in [-0.3, -0.25) is 0 Å². The summed E-state index contributed by atoms with van der Waals surface area (Å²) < 4.78 is 10.9. The van der Waals surface area contributed by atoms with Crippen molar-refractivity contribution < 1.29 is 9.47 Å². The van der Waals surface area contributed by atoms with Gasteiger partial charge >= 0.3 is 0 Å². The first-order valence-corrected chi connectivity index (χ1v) is 13.4. The number of benzene rings is 5. The molecule has 5 aromatic rings. The quantitative estimate of drug-likeness (QED) is 0.180. The summed E-state index contributed by atoms with van der Waals surface area (Å²) in [5.74, 6) is 1.78. The maximum atomic E-state index is 5.45. The third-order valence-electron chi connectivity index (χ3n) is 6.42. The minimum absolute atomic E-state index is 0.0652. The molecule has 3 heteroatoms. The van der Waals surface area contributed by atoms with Gasteiger partial charge in [-0.25, -0.2) is 0 Å². The Morgan fingerprint density at radius 3 is 1.33 bits per heavy atom. The van der Waals surface area contributed by atoms with E-state index in [0.717, 1.165) is 11.5 Å². The number of rotatable bonds is 8. The fourth-order valence-electron chi connectivity index (χ4n) is 4.66. The Hall–Kier alpha value is -3.87. The summed E-state index contributed by atoms with van der Waals surface area (Å²) in [6.45, 7) is 0. The van der Waals surface area contributed by atoms with E-state index in [-0.39, 0.29) is 5.92 Å². The van der Waals surface area contributed by atoms with E-state index in [1.165, 1.54) is 32.6 Å². The van der Waals surface area contributed by atoms with Crippen molar-refractivity contribution in [2.75, 3.05) is 14.2 Å². The Balaban J connectivity index is 1.72. The highest BCUT2D eigenvalue weighted by molar-refractivity contribution is 7.79. The number of methoxy groups -OCH3 is 2. The van der Waals surface area contributed by atoms with Crippen LogP contribution in [0.15, 0.2) is 133 Å². The van der Waals surface area contributed by atoms with Gasteiger partial charge in [0.05, 0.1) is 14.2 Å². The number of ether oxygens (including phenoxy) is 2. The molecule has 0 N–H and O–H groups in total. The third-order valence-corrected chi connectivity index (χ3v) is 8.93. The highest BCUT2D eigenvalue weighted by atomic mass is 31.1. The van der Waals surface area contributed by atoms with Crippen LogP contribution in [0, 0.1) is 0 Å². The first-order valence-electron chi connectivity index (χ1n) is 12.1. The fraction of sp³-hybridized carbons (Fsp3) is 0.0909. The molecule has 36 heavy (non-hydrogen) atoms. The van der Waals surface area contributed by atoms with Gasteiger partial charge in [0.1, 0.15) is 11.5 Å². The minimum Gasteiger partial charge on any atom is -0.497 e. The highest BCUT2D eigenvalue weighted by Crippen LogP contribution is 2.40. The molecule has 0 atom stereocenters. The molecule has 0 saturated heterocycles. The zero-order chi connectivity index (χ0) is 24.7. The second kappa shape index (κ2) is 11.2. The SMILES string of the molecule is COc1ccc(C(c2ccc(OC)cc2)c2ccccc2P(c2ccccc2)c2ccccc2)cc1. The predicted octanol–water partition coefficient (Wildman–Crippen LogP) is 6.64. The van der Waals surface area contributed by atoms with Gasteiger partial charge < -0.3 is 9.47 Å². The fourth-order valence-corrected chi connectivity index (χ4v) is 7.15. The number of hydrogen-bond donors (Lipinski definition) is 0. The van der Waals surface area contributed by atoms with Crippen LogP contribution in [-0.4, -0.2) is 14.2 Å². The smallest absolute Gasteiger partial charge is 0.118 e. The van der Waals surface area contributed by atoms with Gasteiger partial charge in [0.2, 0.25) is 0 Å². The molecule has 0 amide bonds. The molecule has 0 aliphatic carbocycles. The summed E-state index contributed by atoms with van der Waals surface area (Å²) in [6, 6.07) is 47.6. The van der Waals surface area contributed by atoms with E-state index in [0.29, 0.717) is 0 Å². The van der Waals surface area contributed by atoms with E-state index in [1.807, 2.05) is 24.3 Å². The average molecular weight is 489 g/mol. The van der Waals surface area contributed by atoms with Gasteiger partial charge in [-0.1, -0.05) is 109 Å². The summed E-state index contributed by atoms with van der Waals surface area (Å²) >= 11 is 0. The van der Waals surface area contributed by atoms with Crippen molar-refractivity contribution in [2.45, 2.75) is 5.92 Å². The van der Waals surface area contributed by atoms with Gasteiger partial charge in [-0.05, 0) is 64.8 Å². The molecule has 2 nitrogen and oxygen atoms in total. The minimum atomic E-state index is -0.748. The van der Waals surface area contributed by atoms with Crippen molar-refractivity contribution in [2.24, 2.45) is 0 Å². The molecule has 0 unspecified atom stereocenters. The molecule has 5 rings (SSSR count).